The number of carbonyl (C=O) groups is 1. The standard InChI is InChI=1S/C19H24N4O2/c1-13-4-3-5-17(21-13)19(24)23-9-15-8-20-22(2)18(15)16(10-23)12-25-11-14-6-7-14/h3-5,8,14,16H,6-7,9-12H2,1-2H3/t16-/m0/s1. The lowest BCUT2D eigenvalue weighted by molar-refractivity contribution is 0.0616. The van der Waals surface area contributed by atoms with Crippen molar-refractivity contribution in [1.29, 1.82) is 0 Å². The molecule has 0 N–H and O–H groups in total. The van der Waals surface area contributed by atoms with Crippen LogP contribution in [0.1, 0.15) is 46.2 Å². The first-order valence-electron chi connectivity index (χ1n) is 8.93. The number of ether oxygens (including phenoxy) is 1. The Morgan fingerprint density at radius 3 is 2.92 bits per heavy atom. The fourth-order valence-corrected chi connectivity index (χ4v) is 3.54. The van der Waals surface area contributed by atoms with Gasteiger partial charge in [0.2, 0.25) is 0 Å². The highest BCUT2D eigenvalue weighted by Gasteiger charge is 2.32. The summed E-state index contributed by atoms with van der Waals surface area (Å²) in [5.74, 6) is 0.873. The van der Waals surface area contributed by atoms with Crippen molar-refractivity contribution in [1.82, 2.24) is 19.7 Å². The molecule has 132 valence electrons. The van der Waals surface area contributed by atoms with E-state index in [0.29, 0.717) is 25.4 Å². The zero-order valence-corrected chi connectivity index (χ0v) is 14.8. The third kappa shape index (κ3) is 3.44. The van der Waals surface area contributed by atoms with Crippen LogP contribution in [0.4, 0.5) is 0 Å². The summed E-state index contributed by atoms with van der Waals surface area (Å²) in [5, 5.41) is 4.39. The van der Waals surface area contributed by atoms with Gasteiger partial charge in [0.1, 0.15) is 5.69 Å². The minimum atomic E-state index is -0.0228. The van der Waals surface area contributed by atoms with E-state index in [1.807, 2.05) is 41.9 Å². The van der Waals surface area contributed by atoms with Gasteiger partial charge in [-0.1, -0.05) is 6.07 Å². The van der Waals surface area contributed by atoms with Crippen LogP contribution in [-0.4, -0.2) is 45.3 Å². The lowest BCUT2D eigenvalue weighted by Gasteiger charge is -2.33. The molecule has 1 aliphatic heterocycles. The average molecular weight is 340 g/mol. The van der Waals surface area contributed by atoms with Crippen LogP contribution >= 0.6 is 0 Å². The van der Waals surface area contributed by atoms with Gasteiger partial charge in [-0.15, -0.1) is 0 Å². The van der Waals surface area contributed by atoms with E-state index in [1.54, 1.807) is 6.07 Å². The van der Waals surface area contributed by atoms with Gasteiger partial charge in [0.15, 0.2) is 0 Å². The van der Waals surface area contributed by atoms with Crippen molar-refractivity contribution in [2.24, 2.45) is 13.0 Å². The second-order valence-electron chi connectivity index (χ2n) is 7.21. The third-order valence-electron chi connectivity index (χ3n) is 5.02. The fraction of sp³-hybridized carbons (Fsp3) is 0.526. The first-order chi connectivity index (χ1) is 12.1. The number of carbonyl (C=O) groups excluding carboxylic acids is 1. The molecule has 0 unspecified atom stereocenters. The highest BCUT2D eigenvalue weighted by molar-refractivity contribution is 5.92. The first-order valence-corrected chi connectivity index (χ1v) is 8.93. The SMILES string of the molecule is Cc1cccc(C(=O)N2Cc3cnn(C)c3[C@H](COCC3CC3)C2)n1. The van der Waals surface area contributed by atoms with E-state index < -0.39 is 0 Å². The maximum absolute atomic E-state index is 12.9. The first kappa shape index (κ1) is 16.3. The van der Waals surface area contributed by atoms with Crippen LogP contribution in [0.3, 0.4) is 0 Å². The van der Waals surface area contributed by atoms with Crippen LogP contribution in [-0.2, 0) is 18.3 Å². The molecule has 6 heteroatoms. The van der Waals surface area contributed by atoms with E-state index in [1.165, 1.54) is 18.5 Å². The molecule has 0 spiro atoms. The molecule has 3 heterocycles. The Labute approximate surface area is 147 Å². The molecule has 0 radical (unpaired) electrons. The molecule has 2 aromatic heterocycles. The van der Waals surface area contributed by atoms with Crippen LogP contribution in [0, 0.1) is 12.8 Å². The number of hydrogen-bond donors (Lipinski definition) is 0. The number of amides is 1. The van der Waals surface area contributed by atoms with Crippen molar-refractivity contribution in [3.8, 4) is 0 Å². The van der Waals surface area contributed by atoms with E-state index >= 15 is 0 Å². The number of pyridine rings is 1. The highest BCUT2D eigenvalue weighted by Crippen LogP contribution is 2.31. The van der Waals surface area contributed by atoms with Crippen molar-refractivity contribution in [3.63, 3.8) is 0 Å². The molecule has 1 fully saturated rings. The summed E-state index contributed by atoms with van der Waals surface area (Å²) in [6.07, 6.45) is 4.43. The Balaban J connectivity index is 1.53. The largest absolute Gasteiger partial charge is 0.380 e. The van der Waals surface area contributed by atoms with Gasteiger partial charge < -0.3 is 9.64 Å². The lowest BCUT2D eigenvalue weighted by Crippen LogP contribution is -2.40. The molecule has 0 aromatic carbocycles. The maximum atomic E-state index is 12.9. The fourth-order valence-electron chi connectivity index (χ4n) is 3.54. The molecule has 25 heavy (non-hydrogen) atoms. The number of hydrogen-bond acceptors (Lipinski definition) is 4. The van der Waals surface area contributed by atoms with Crippen molar-refractivity contribution < 1.29 is 9.53 Å². The van der Waals surface area contributed by atoms with E-state index in [9.17, 15) is 4.79 Å². The van der Waals surface area contributed by atoms with Gasteiger partial charge in [-0.05, 0) is 37.8 Å². The summed E-state index contributed by atoms with van der Waals surface area (Å²) in [6.45, 7) is 4.59. The smallest absolute Gasteiger partial charge is 0.272 e. The normalized spacial score (nSPS) is 19.8. The van der Waals surface area contributed by atoms with Gasteiger partial charge in [-0.3, -0.25) is 9.48 Å². The van der Waals surface area contributed by atoms with E-state index in [4.69, 9.17) is 4.74 Å². The van der Waals surface area contributed by atoms with Gasteiger partial charge in [-0.25, -0.2) is 4.98 Å². The second-order valence-corrected chi connectivity index (χ2v) is 7.21. The number of fused-ring (bicyclic) bond motifs is 1. The second kappa shape index (κ2) is 6.59. The Hall–Kier alpha value is -2.21. The minimum absolute atomic E-state index is 0.0228. The molecule has 2 aliphatic rings. The zero-order valence-electron chi connectivity index (χ0n) is 14.8. The molecule has 4 rings (SSSR count). The summed E-state index contributed by atoms with van der Waals surface area (Å²) in [5.41, 5.74) is 3.66. The Bertz CT molecular complexity index is 781. The monoisotopic (exact) mass is 340 g/mol. The summed E-state index contributed by atoms with van der Waals surface area (Å²) in [4.78, 5) is 19.2. The molecular weight excluding hydrogens is 316 g/mol. The molecule has 2 aromatic rings. The number of nitrogens with zero attached hydrogens (tertiary/aromatic N) is 4. The van der Waals surface area contributed by atoms with Crippen molar-refractivity contribution >= 4 is 5.91 Å². The molecule has 1 saturated carbocycles. The lowest BCUT2D eigenvalue weighted by atomic mass is 9.96. The van der Waals surface area contributed by atoms with E-state index in [-0.39, 0.29) is 11.8 Å². The van der Waals surface area contributed by atoms with Crippen LogP contribution in [0.2, 0.25) is 0 Å². The summed E-state index contributed by atoms with van der Waals surface area (Å²) < 4.78 is 7.86. The van der Waals surface area contributed by atoms with Gasteiger partial charge in [0.25, 0.3) is 5.91 Å². The molecule has 1 atom stereocenters. The van der Waals surface area contributed by atoms with E-state index in [2.05, 4.69) is 10.1 Å². The highest BCUT2D eigenvalue weighted by atomic mass is 16.5. The number of rotatable bonds is 5. The summed E-state index contributed by atoms with van der Waals surface area (Å²) in [6, 6.07) is 5.57. The average Bonchev–Trinajstić information content (AvgIpc) is 3.36. The van der Waals surface area contributed by atoms with Crippen LogP contribution in [0.5, 0.6) is 0 Å². The maximum Gasteiger partial charge on any atom is 0.272 e. The minimum Gasteiger partial charge on any atom is -0.380 e. The molecule has 1 aliphatic carbocycles. The summed E-state index contributed by atoms with van der Waals surface area (Å²) in [7, 11) is 1.96. The Morgan fingerprint density at radius 2 is 2.16 bits per heavy atom. The van der Waals surface area contributed by atoms with Crippen LogP contribution in [0.25, 0.3) is 0 Å². The number of aryl methyl sites for hydroxylation is 2. The van der Waals surface area contributed by atoms with Gasteiger partial charge in [0.05, 0.1) is 18.5 Å². The topological polar surface area (TPSA) is 60.2 Å². The Kier molecular flexibility index (Phi) is 4.29. The van der Waals surface area contributed by atoms with Crippen molar-refractivity contribution in [2.45, 2.75) is 32.2 Å². The molecular formula is C19H24N4O2. The van der Waals surface area contributed by atoms with Crippen molar-refractivity contribution in [3.05, 3.63) is 47.0 Å². The third-order valence-corrected chi connectivity index (χ3v) is 5.02. The quantitative estimate of drug-likeness (QED) is 0.838. The van der Waals surface area contributed by atoms with Gasteiger partial charge in [-0.2, -0.15) is 5.10 Å². The van der Waals surface area contributed by atoms with Crippen LogP contribution in [0.15, 0.2) is 24.4 Å². The van der Waals surface area contributed by atoms with Gasteiger partial charge in [0, 0.05) is 43.9 Å². The van der Waals surface area contributed by atoms with Crippen molar-refractivity contribution in [2.75, 3.05) is 19.8 Å². The van der Waals surface area contributed by atoms with E-state index in [0.717, 1.165) is 23.8 Å². The predicted molar refractivity (Wildman–Crippen MR) is 93.2 cm³/mol. The zero-order chi connectivity index (χ0) is 17.4. The summed E-state index contributed by atoms with van der Waals surface area (Å²) >= 11 is 0. The molecule has 1 amide bonds. The van der Waals surface area contributed by atoms with Crippen LogP contribution < -0.4 is 0 Å². The molecule has 0 bridgehead atoms. The molecule has 6 nitrogen and oxygen atoms in total. The Morgan fingerprint density at radius 1 is 1.32 bits per heavy atom. The van der Waals surface area contributed by atoms with Gasteiger partial charge >= 0.3 is 0 Å². The number of aromatic nitrogens is 3. The molecule has 0 saturated heterocycles. The predicted octanol–water partition coefficient (Wildman–Crippen LogP) is 2.29.